The second-order valence-corrected chi connectivity index (χ2v) is 5.57. The Bertz CT molecular complexity index is 510. The molecule has 0 saturated carbocycles. The predicted octanol–water partition coefficient (Wildman–Crippen LogP) is 2.95. The summed E-state index contributed by atoms with van der Waals surface area (Å²) < 4.78 is 24.6. The maximum atomic E-state index is 13.2. The highest BCUT2D eigenvalue weighted by molar-refractivity contribution is 14.0. The molecule has 1 saturated heterocycles. The topological polar surface area (TPSA) is 54.9 Å². The second-order valence-electron chi connectivity index (χ2n) is 5.57. The van der Waals surface area contributed by atoms with Gasteiger partial charge in [-0.15, -0.1) is 24.0 Å². The van der Waals surface area contributed by atoms with E-state index in [0.717, 1.165) is 38.4 Å². The van der Waals surface area contributed by atoms with Crippen LogP contribution in [0.3, 0.4) is 0 Å². The summed E-state index contributed by atoms with van der Waals surface area (Å²) in [6.45, 7) is 4.23. The Balaban J connectivity index is 0.00000288. The SMILES string of the molecule is CCC(CNC(=NC)NCC1CCCO1)Oc1cccc(F)c1.I. The van der Waals surface area contributed by atoms with Crippen molar-refractivity contribution in [3.8, 4) is 5.75 Å². The number of nitrogens with zero attached hydrogens (tertiary/aromatic N) is 1. The molecule has 1 aromatic carbocycles. The van der Waals surface area contributed by atoms with Crippen molar-refractivity contribution in [1.82, 2.24) is 10.6 Å². The lowest BCUT2D eigenvalue weighted by Crippen LogP contribution is -2.44. The van der Waals surface area contributed by atoms with Gasteiger partial charge in [-0.05, 0) is 31.4 Å². The molecule has 7 heteroatoms. The third-order valence-corrected chi connectivity index (χ3v) is 3.80. The van der Waals surface area contributed by atoms with Crippen LogP contribution in [-0.4, -0.2) is 44.9 Å². The van der Waals surface area contributed by atoms with Crippen LogP contribution in [0.2, 0.25) is 0 Å². The van der Waals surface area contributed by atoms with Gasteiger partial charge in [0.05, 0.1) is 12.6 Å². The van der Waals surface area contributed by atoms with Gasteiger partial charge in [0, 0.05) is 26.3 Å². The average molecular weight is 451 g/mol. The first-order valence-electron chi connectivity index (χ1n) is 8.19. The van der Waals surface area contributed by atoms with Crippen molar-refractivity contribution in [2.45, 2.75) is 38.4 Å². The van der Waals surface area contributed by atoms with Gasteiger partial charge in [-0.1, -0.05) is 13.0 Å². The van der Waals surface area contributed by atoms with Crippen LogP contribution in [0.25, 0.3) is 0 Å². The zero-order valence-corrected chi connectivity index (χ0v) is 16.6. The van der Waals surface area contributed by atoms with Gasteiger partial charge in [0.1, 0.15) is 17.7 Å². The van der Waals surface area contributed by atoms with Crippen LogP contribution in [0.4, 0.5) is 4.39 Å². The molecule has 0 aliphatic carbocycles. The highest BCUT2D eigenvalue weighted by Gasteiger charge is 2.16. The molecule has 0 bridgehead atoms. The van der Waals surface area contributed by atoms with E-state index in [9.17, 15) is 4.39 Å². The molecule has 0 amide bonds. The highest BCUT2D eigenvalue weighted by atomic mass is 127. The van der Waals surface area contributed by atoms with Crippen molar-refractivity contribution < 1.29 is 13.9 Å². The molecule has 2 rings (SSSR count). The number of guanidine groups is 1. The Hall–Kier alpha value is -1.09. The molecule has 136 valence electrons. The number of hydrogen-bond donors (Lipinski definition) is 2. The zero-order chi connectivity index (χ0) is 16.5. The lowest BCUT2D eigenvalue weighted by atomic mass is 10.2. The molecule has 2 N–H and O–H groups in total. The fraction of sp³-hybridized carbons (Fsp3) is 0.588. The number of rotatable bonds is 7. The van der Waals surface area contributed by atoms with Gasteiger partial charge in [0.2, 0.25) is 0 Å². The van der Waals surface area contributed by atoms with Crippen LogP contribution >= 0.6 is 24.0 Å². The Labute approximate surface area is 160 Å². The molecule has 24 heavy (non-hydrogen) atoms. The van der Waals surface area contributed by atoms with Crippen LogP contribution < -0.4 is 15.4 Å². The Morgan fingerprint density at radius 1 is 1.46 bits per heavy atom. The van der Waals surface area contributed by atoms with E-state index in [1.165, 1.54) is 12.1 Å². The quantitative estimate of drug-likeness (QED) is 0.381. The molecule has 5 nitrogen and oxygen atoms in total. The minimum absolute atomic E-state index is 0. The average Bonchev–Trinajstić information content (AvgIpc) is 3.07. The first-order chi connectivity index (χ1) is 11.2. The molecular formula is C17H27FIN3O2. The lowest BCUT2D eigenvalue weighted by molar-refractivity contribution is 0.113. The lowest BCUT2D eigenvalue weighted by Gasteiger charge is -2.20. The molecule has 1 heterocycles. The number of ether oxygens (including phenoxy) is 2. The Morgan fingerprint density at radius 3 is 2.92 bits per heavy atom. The number of halogens is 2. The van der Waals surface area contributed by atoms with Crippen LogP contribution in [0.15, 0.2) is 29.3 Å². The summed E-state index contributed by atoms with van der Waals surface area (Å²) in [7, 11) is 1.74. The standard InChI is InChI=1S/C17H26FN3O2.HI/c1-3-14(23-15-7-4-6-13(18)10-15)11-20-17(19-2)21-12-16-8-5-9-22-16;/h4,6-7,10,14,16H,3,5,8-9,11-12H2,1-2H3,(H2,19,20,21);1H. The monoisotopic (exact) mass is 451 g/mol. The summed E-state index contributed by atoms with van der Waals surface area (Å²) in [4.78, 5) is 4.20. The number of aliphatic imine (C=N–C) groups is 1. The van der Waals surface area contributed by atoms with Crippen LogP contribution in [0.1, 0.15) is 26.2 Å². The van der Waals surface area contributed by atoms with Gasteiger partial charge >= 0.3 is 0 Å². The second kappa shape index (κ2) is 11.5. The first kappa shape index (κ1) is 21.0. The predicted molar refractivity (Wildman–Crippen MR) is 105 cm³/mol. The Kier molecular flexibility index (Phi) is 10.0. The summed E-state index contributed by atoms with van der Waals surface area (Å²) in [5.74, 6) is 0.974. The van der Waals surface area contributed by atoms with E-state index in [1.54, 1.807) is 19.2 Å². The largest absolute Gasteiger partial charge is 0.489 e. The molecule has 2 unspecified atom stereocenters. The van der Waals surface area contributed by atoms with Gasteiger partial charge in [-0.2, -0.15) is 0 Å². The molecule has 1 aliphatic rings. The number of hydrogen-bond acceptors (Lipinski definition) is 3. The third-order valence-electron chi connectivity index (χ3n) is 3.80. The molecule has 0 spiro atoms. The Morgan fingerprint density at radius 2 is 2.29 bits per heavy atom. The molecule has 2 atom stereocenters. The van der Waals surface area contributed by atoms with E-state index in [-0.39, 0.29) is 42.0 Å². The maximum absolute atomic E-state index is 13.2. The molecule has 0 radical (unpaired) electrons. The summed E-state index contributed by atoms with van der Waals surface area (Å²) in [6.07, 6.45) is 3.23. The highest BCUT2D eigenvalue weighted by Crippen LogP contribution is 2.14. The third kappa shape index (κ3) is 7.21. The summed E-state index contributed by atoms with van der Waals surface area (Å²) >= 11 is 0. The van der Waals surface area contributed by atoms with Crippen molar-refractivity contribution in [3.05, 3.63) is 30.1 Å². The van der Waals surface area contributed by atoms with Gasteiger partial charge in [-0.3, -0.25) is 4.99 Å². The fourth-order valence-corrected chi connectivity index (χ4v) is 2.45. The summed E-state index contributed by atoms with van der Waals surface area (Å²) in [5.41, 5.74) is 0. The normalized spacial score (nSPS) is 18.6. The van der Waals surface area contributed by atoms with Gasteiger partial charge < -0.3 is 20.1 Å². The smallest absolute Gasteiger partial charge is 0.191 e. The fourth-order valence-electron chi connectivity index (χ4n) is 2.45. The maximum Gasteiger partial charge on any atom is 0.191 e. The first-order valence-corrected chi connectivity index (χ1v) is 8.19. The van der Waals surface area contributed by atoms with E-state index in [2.05, 4.69) is 15.6 Å². The van der Waals surface area contributed by atoms with Crippen molar-refractivity contribution in [1.29, 1.82) is 0 Å². The van der Waals surface area contributed by atoms with E-state index in [4.69, 9.17) is 9.47 Å². The summed E-state index contributed by atoms with van der Waals surface area (Å²) in [5, 5.41) is 6.51. The molecule has 1 fully saturated rings. The van der Waals surface area contributed by atoms with Crippen LogP contribution in [0, 0.1) is 5.82 Å². The van der Waals surface area contributed by atoms with Crippen LogP contribution in [-0.2, 0) is 4.74 Å². The number of nitrogens with one attached hydrogen (secondary N) is 2. The van der Waals surface area contributed by atoms with Crippen molar-refractivity contribution in [3.63, 3.8) is 0 Å². The molecule has 1 aliphatic heterocycles. The van der Waals surface area contributed by atoms with Crippen molar-refractivity contribution in [2.24, 2.45) is 4.99 Å². The van der Waals surface area contributed by atoms with Gasteiger partial charge in [0.25, 0.3) is 0 Å². The molecule has 1 aromatic rings. The minimum Gasteiger partial charge on any atom is -0.489 e. The van der Waals surface area contributed by atoms with Crippen molar-refractivity contribution >= 4 is 29.9 Å². The van der Waals surface area contributed by atoms with Crippen molar-refractivity contribution in [2.75, 3.05) is 26.7 Å². The van der Waals surface area contributed by atoms with Gasteiger partial charge in [0.15, 0.2) is 5.96 Å². The van der Waals surface area contributed by atoms with E-state index >= 15 is 0 Å². The van der Waals surface area contributed by atoms with E-state index in [1.807, 2.05) is 6.92 Å². The molecular weight excluding hydrogens is 424 g/mol. The summed E-state index contributed by atoms with van der Waals surface area (Å²) in [6, 6.07) is 6.21. The van der Waals surface area contributed by atoms with E-state index < -0.39 is 0 Å². The van der Waals surface area contributed by atoms with Crippen LogP contribution in [0.5, 0.6) is 5.75 Å². The van der Waals surface area contributed by atoms with E-state index in [0.29, 0.717) is 12.3 Å². The van der Waals surface area contributed by atoms with Gasteiger partial charge in [-0.25, -0.2) is 4.39 Å². The minimum atomic E-state index is -0.292. The zero-order valence-electron chi connectivity index (χ0n) is 14.3. The number of benzene rings is 1. The molecule has 0 aromatic heterocycles.